The van der Waals surface area contributed by atoms with Crippen molar-refractivity contribution in [1.82, 2.24) is 6.15 Å². The molecule has 0 aromatic rings. The number of unbranched alkanes of at least 4 members (excludes halogenated alkanes) is 30. The van der Waals surface area contributed by atoms with Crippen molar-refractivity contribution < 1.29 is 4.48 Å². The van der Waals surface area contributed by atoms with E-state index >= 15 is 0 Å². The predicted molar refractivity (Wildman–Crippen MR) is 196 cm³/mol. The maximum Gasteiger partial charge on any atom is 0.0782 e. The smallest absolute Gasteiger partial charge is 0.0782 e. The molecule has 0 bridgehead atoms. The predicted octanol–water partition coefficient (Wildman–Crippen LogP) is 14.3. The Morgan fingerprint density at radius 2 is 0.415 bits per heavy atom. The first kappa shape index (κ1) is 45.8. The summed E-state index contributed by atoms with van der Waals surface area (Å²) in [6.07, 6.45) is 46.9. The summed E-state index contributed by atoms with van der Waals surface area (Å²) in [5, 5.41) is 0. The number of hydrogen-bond acceptors (Lipinski definition) is 1. The lowest BCUT2D eigenvalue weighted by Gasteiger charge is -2.30. The summed E-state index contributed by atoms with van der Waals surface area (Å²) in [4.78, 5) is 0. The third-order valence-electron chi connectivity index (χ3n) is 9.23. The Morgan fingerprint density at radius 3 is 0.585 bits per heavy atom. The molecule has 0 radical (unpaired) electrons. The molecular formula is C38H84BrN2+. The van der Waals surface area contributed by atoms with Gasteiger partial charge in [0.05, 0.1) is 27.2 Å². The highest BCUT2D eigenvalue weighted by Crippen LogP contribution is 2.16. The molecule has 0 saturated heterocycles. The molecule has 0 amide bonds. The van der Waals surface area contributed by atoms with E-state index in [4.69, 9.17) is 0 Å². The molecule has 0 aliphatic heterocycles. The lowest BCUT2D eigenvalue weighted by atomic mass is 10.0. The van der Waals surface area contributed by atoms with E-state index in [-0.39, 0.29) is 23.1 Å². The quantitative estimate of drug-likeness (QED) is 0.0547. The van der Waals surface area contributed by atoms with Crippen molar-refractivity contribution in [3.05, 3.63) is 0 Å². The second-order valence-corrected chi connectivity index (χ2v) is 14.0. The normalized spacial score (nSPS) is 11.4. The average molecular weight is 649 g/mol. The lowest BCUT2D eigenvalue weighted by molar-refractivity contribution is -0.890. The van der Waals surface area contributed by atoms with E-state index in [9.17, 15) is 0 Å². The monoisotopic (exact) mass is 648 g/mol. The molecule has 0 atom stereocenters. The molecule has 3 heteroatoms. The van der Waals surface area contributed by atoms with Crippen LogP contribution in [0.15, 0.2) is 0 Å². The Labute approximate surface area is 273 Å². The van der Waals surface area contributed by atoms with Crippen molar-refractivity contribution in [1.29, 1.82) is 0 Å². The molecule has 0 aliphatic rings. The van der Waals surface area contributed by atoms with Gasteiger partial charge in [-0.2, -0.15) is 0 Å². The summed E-state index contributed by atoms with van der Waals surface area (Å²) in [5.41, 5.74) is 0. The SMILES string of the molecule is Br.CCCCCCCCCCCCCCCCCC[N+](C)(C)CCCCCCCCCCCCCCCCCC.N. The topological polar surface area (TPSA) is 35.0 Å². The van der Waals surface area contributed by atoms with E-state index in [0.29, 0.717) is 0 Å². The first-order valence-corrected chi connectivity index (χ1v) is 18.9. The zero-order valence-electron chi connectivity index (χ0n) is 29.6. The Kier molecular flexibility index (Phi) is 42.9. The molecule has 252 valence electrons. The zero-order chi connectivity index (χ0) is 28.5. The molecule has 0 unspecified atom stereocenters. The van der Waals surface area contributed by atoms with Gasteiger partial charge in [0, 0.05) is 0 Å². The third-order valence-corrected chi connectivity index (χ3v) is 9.23. The Hall–Kier alpha value is 0.400. The van der Waals surface area contributed by atoms with Gasteiger partial charge in [0.15, 0.2) is 0 Å². The van der Waals surface area contributed by atoms with Gasteiger partial charge in [-0.1, -0.05) is 194 Å². The second-order valence-electron chi connectivity index (χ2n) is 14.0. The van der Waals surface area contributed by atoms with Gasteiger partial charge in [-0.15, -0.1) is 17.0 Å². The van der Waals surface area contributed by atoms with Gasteiger partial charge < -0.3 is 10.6 Å². The van der Waals surface area contributed by atoms with E-state index in [1.54, 1.807) is 0 Å². The number of nitrogens with zero attached hydrogens (tertiary/aromatic N) is 1. The molecule has 3 N–H and O–H groups in total. The van der Waals surface area contributed by atoms with Crippen LogP contribution >= 0.6 is 17.0 Å². The van der Waals surface area contributed by atoms with E-state index < -0.39 is 0 Å². The van der Waals surface area contributed by atoms with Gasteiger partial charge >= 0.3 is 0 Å². The van der Waals surface area contributed by atoms with Crippen LogP contribution in [0.4, 0.5) is 0 Å². The van der Waals surface area contributed by atoms with Crippen LogP contribution in [0.5, 0.6) is 0 Å². The Balaban J connectivity index is -0.00000722. The summed E-state index contributed by atoms with van der Waals surface area (Å²) in [7, 11) is 4.94. The van der Waals surface area contributed by atoms with Crippen LogP contribution in [-0.2, 0) is 0 Å². The Bertz CT molecular complexity index is 402. The number of hydrogen-bond donors (Lipinski definition) is 1. The van der Waals surface area contributed by atoms with Gasteiger partial charge in [-0.05, 0) is 25.7 Å². The first-order valence-electron chi connectivity index (χ1n) is 18.9. The van der Waals surface area contributed by atoms with Crippen LogP contribution in [0, 0.1) is 0 Å². The number of halogens is 1. The van der Waals surface area contributed by atoms with Gasteiger partial charge in [-0.25, -0.2) is 0 Å². The summed E-state index contributed by atoms with van der Waals surface area (Å²) in [6.45, 7) is 7.39. The highest BCUT2D eigenvalue weighted by atomic mass is 79.9. The molecule has 0 heterocycles. The van der Waals surface area contributed by atoms with Crippen molar-refractivity contribution in [3.8, 4) is 0 Å². The van der Waals surface area contributed by atoms with Gasteiger partial charge in [0.2, 0.25) is 0 Å². The molecule has 0 aromatic carbocycles. The Morgan fingerprint density at radius 1 is 0.268 bits per heavy atom. The van der Waals surface area contributed by atoms with E-state index in [2.05, 4.69) is 27.9 Å². The minimum Gasteiger partial charge on any atom is -0.344 e. The molecule has 0 saturated carbocycles. The fourth-order valence-corrected chi connectivity index (χ4v) is 6.29. The summed E-state index contributed by atoms with van der Waals surface area (Å²) in [5.74, 6) is 0. The van der Waals surface area contributed by atoms with Gasteiger partial charge in [-0.3, -0.25) is 0 Å². The summed E-state index contributed by atoms with van der Waals surface area (Å²) in [6, 6.07) is 0. The van der Waals surface area contributed by atoms with Crippen LogP contribution < -0.4 is 6.15 Å². The summed E-state index contributed by atoms with van der Waals surface area (Å²) >= 11 is 0. The molecule has 0 rings (SSSR count). The largest absolute Gasteiger partial charge is 0.344 e. The molecule has 0 spiro atoms. The standard InChI is InChI=1S/C38H80N.BrH.H3N/c1-5-7-9-11-13-15-17-19-21-23-25-27-29-31-33-35-37-39(3,4)38-36-34-32-30-28-26-24-22-20-18-16-14-12-10-8-6-2;;/h5-38H2,1-4H3;1H;1H3/q+1;;. The first-order chi connectivity index (χ1) is 19.1. The highest BCUT2D eigenvalue weighted by Gasteiger charge is 2.13. The average Bonchev–Trinajstić information content (AvgIpc) is 2.92. The maximum atomic E-state index is 2.47. The van der Waals surface area contributed by atoms with Crippen LogP contribution in [0.2, 0.25) is 0 Å². The van der Waals surface area contributed by atoms with Crippen molar-refractivity contribution >= 4 is 17.0 Å². The van der Waals surface area contributed by atoms with Crippen LogP contribution in [-0.4, -0.2) is 31.7 Å². The molecule has 0 aliphatic carbocycles. The minimum absolute atomic E-state index is 0. The van der Waals surface area contributed by atoms with E-state index in [0.717, 1.165) is 0 Å². The second kappa shape index (κ2) is 38.4. The van der Waals surface area contributed by atoms with E-state index in [1.165, 1.54) is 223 Å². The van der Waals surface area contributed by atoms with E-state index in [1.807, 2.05) is 0 Å². The van der Waals surface area contributed by atoms with Crippen LogP contribution in [0.3, 0.4) is 0 Å². The van der Waals surface area contributed by atoms with Crippen molar-refractivity contribution in [2.45, 2.75) is 219 Å². The van der Waals surface area contributed by atoms with Gasteiger partial charge in [0.1, 0.15) is 0 Å². The molecule has 0 fully saturated rings. The fourth-order valence-electron chi connectivity index (χ4n) is 6.29. The van der Waals surface area contributed by atoms with Crippen molar-refractivity contribution in [2.24, 2.45) is 0 Å². The van der Waals surface area contributed by atoms with Crippen molar-refractivity contribution in [2.75, 3.05) is 27.2 Å². The van der Waals surface area contributed by atoms with Crippen molar-refractivity contribution in [3.63, 3.8) is 0 Å². The molecule has 41 heavy (non-hydrogen) atoms. The molecule has 2 nitrogen and oxygen atoms in total. The molecular weight excluding hydrogens is 564 g/mol. The third kappa shape index (κ3) is 40.4. The molecule has 0 aromatic heterocycles. The maximum absolute atomic E-state index is 2.47. The fraction of sp³-hybridized carbons (Fsp3) is 1.00. The highest BCUT2D eigenvalue weighted by molar-refractivity contribution is 8.93. The lowest BCUT2D eigenvalue weighted by Crippen LogP contribution is -2.41. The van der Waals surface area contributed by atoms with Crippen LogP contribution in [0.1, 0.15) is 219 Å². The number of rotatable bonds is 34. The number of quaternary nitrogens is 1. The zero-order valence-corrected chi connectivity index (χ0v) is 31.3. The minimum atomic E-state index is 0. The van der Waals surface area contributed by atoms with Crippen LogP contribution in [0.25, 0.3) is 0 Å². The van der Waals surface area contributed by atoms with Gasteiger partial charge in [0.25, 0.3) is 0 Å². The summed E-state index contributed by atoms with van der Waals surface area (Å²) < 4.78 is 1.25.